The smallest absolute Gasteiger partial charge is 0.267 e. The van der Waals surface area contributed by atoms with Gasteiger partial charge in [0.1, 0.15) is 11.7 Å². The van der Waals surface area contributed by atoms with E-state index >= 15 is 0 Å². The standard InChI is InChI=1S/C22H18N4O4/c23-20(28)19-14(5-2-10-24-19)4-1-3-13-6-7-16-15(11-13)12-26(22(16)30)17-8-9-18(27)25-21(17)29/h2,5-7,10-11,17H,4,8-9,12H2,(H2,23,28)(H,25,27,29). The fourth-order valence-electron chi connectivity index (χ4n) is 3.70. The lowest BCUT2D eigenvalue weighted by atomic mass is 10.0. The van der Waals surface area contributed by atoms with Crippen molar-refractivity contribution in [3.05, 3.63) is 64.5 Å². The van der Waals surface area contributed by atoms with Gasteiger partial charge in [-0.15, -0.1) is 0 Å². The number of aromatic nitrogens is 1. The average Bonchev–Trinajstić information content (AvgIpc) is 3.04. The quantitative estimate of drug-likeness (QED) is 0.573. The Morgan fingerprint density at radius 2 is 2.10 bits per heavy atom. The molecule has 0 saturated carbocycles. The molecule has 30 heavy (non-hydrogen) atoms. The van der Waals surface area contributed by atoms with Crippen LogP contribution in [-0.2, 0) is 22.6 Å². The van der Waals surface area contributed by atoms with Crippen molar-refractivity contribution in [2.45, 2.75) is 31.8 Å². The molecule has 1 aromatic carbocycles. The first-order valence-electron chi connectivity index (χ1n) is 9.44. The van der Waals surface area contributed by atoms with E-state index in [0.717, 1.165) is 11.1 Å². The molecule has 150 valence electrons. The molecule has 8 heteroatoms. The lowest BCUT2D eigenvalue weighted by Gasteiger charge is -2.29. The molecule has 4 amide bonds. The molecule has 0 radical (unpaired) electrons. The molecule has 2 aliphatic heterocycles. The number of hydrogen-bond donors (Lipinski definition) is 2. The molecule has 3 N–H and O–H groups in total. The van der Waals surface area contributed by atoms with Crippen LogP contribution in [0, 0.1) is 11.8 Å². The van der Waals surface area contributed by atoms with Gasteiger partial charge in [0, 0.05) is 36.7 Å². The number of pyridine rings is 1. The summed E-state index contributed by atoms with van der Waals surface area (Å²) in [5.41, 5.74) is 8.22. The van der Waals surface area contributed by atoms with Gasteiger partial charge in [-0.25, -0.2) is 0 Å². The maximum absolute atomic E-state index is 12.7. The largest absolute Gasteiger partial charge is 0.364 e. The Balaban J connectivity index is 1.50. The highest BCUT2D eigenvalue weighted by Gasteiger charge is 2.38. The second-order valence-electron chi connectivity index (χ2n) is 7.13. The zero-order chi connectivity index (χ0) is 21.3. The minimum atomic E-state index is -0.644. The Morgan fingerprint density at radius 3 is 2.87 bits per heavy atom. The van der Waals surface area contributed by atoms with E-state index in [0.29, 0.717) is 30.5 Å². The van der Waals surface area contributed by atoms with E-state index in [4.69, 9.17) is 5.73 Å². The molecule has 1 atom stereocenters. The topological polar surface area (TPSA) is 122 Å². The molecular weight excluding hydrogens is 384 g/mol. The number of hydrogen-bond acceptors (Lipinski definition) is 5. The number of nitrogens with zero attached hydrogens (tertiary/aromatic N) is 2. The Kier molecular flexibility index (Phi) is 5.02. The van der Waals surface area contributed by atoms with Crippen LogP contribution in [0.5, 0.6) is 0 Å². The van der Waals surface area contributed by atoms with Gasteiger partial charge in [0.2, 0.25) is 11.8 Å². The van der Waals surface area contributed by atoms with Gasteiger partial charge in [0.15, 0.2) is 0 Å². The third kappa shape index (κ3) is 3.65. The van der Waals surface area contributed by atoms with Crippen LogP contribution >= 0.6 is 0 Å². The summed E-state index contributed by atoms with van der Waals surface area (Å²) < 4.78 is 0. The SMILES string of the molecule is NC(=O)c1ncccc1CC#Cc1ccc2c(c1)CN(C1CCC(=O)NC1=O)C2=O. The number of imide groups is 1. The Morgan fingerprint density at radius 1 is 1.27 bits per heavy atom. The van der Waals surface area contributed by atoms with Gasteiger partial charge in [-0.05, 0) is 41.8 Å². The first kappa shape index (κ1) is 19.3. The normalized spacial score (nSPS) is 17.8. The summed E-state index contributed by atoms with van der Waals surface area (Å²) in [5.74, 6) is 4.46. The molecule has 2 aliphatic rings. The van der Waals surface area contributed by atoms with Crippen LogP contribution in [0.1, 0.15) is 50.4 Å². The minimum absolute atomic E-state index is 0.200. The monoisotopic (exact) mass is 402 g/mol. The summed E-state index contributed by atoms with van der Waals surface area (Å²) in [4.78, 5) is 53.1. The van der Waals surface area contributed by atoms with E-state index in [1.165, 1.54) is 11.1 Å². The van der Waals surface area contributed by atoms with Crippen LogP contribution in [0.4, 0.5) is 0 Å². The molecular formula is C22H18N4O4. The summed E-state index contributed by atoms with van der Waals surface area (Å²) in [6.45, 7) is 0.296. The first-order valence-corrected chi connectivity index (χ1v) is 9.44. The molecule has 1 unspecified atom stereocenters. The third-order valence-electron chi connectivity index (χ3n) is 5.16. The van der Waals surface area contributed by atoms with E-state index in [9.17, 15) is 19.2 Å². The number of piperidine rings is 1. The van der Waals surface area contributed by atoms with Gasteiger partial charge < -0.3 is 10.6 Å². The van der Waals surface area contributed by atoms with Gasteiger partial charge >= 0.3 is 0 Å². The molecule has 4 rings (SSSR count). The van der Waals surface area contributed by atoms with Crippen molar-refractivity contribution in [2.75, 3.05) is 0 Å². The predicted octanol–water partition coefficient (Wildman–Crippen LogP) is 0.536. The van der Waals surface area contributed by atoms with Gasteiger partial charge in [0.05, 0.1) is 0 Å². The van der Waals surface area contributed by atoms with Crippen molar-refractivity contribution in [1.29, 1.82) is 0 Å². The zero-order valence-electron chi connectivity index (χ0n) is 16.0. The van der Waals surface area contributed by atoms with Crippen molar-refractivity contribution < 1.29 is 19.2 Å². The maximum atomic E-state index is 12.7. The van der Waals surface area contributed by atoms with E-state index in [1.54, 1.807) is 24.3 Å². The summed E-state index contributed by atoms with van der Waals surface area (Å²) >= 11 is 0. The summed E-state index contributed by atoms with van der Waals surface area (Å²) in [7, 11) is 0. The lowest BCUT2D eigenvalue weighted by Crippen LogP contribution is -2.52. The maximum Gasteiger partial charge on any atom is 0.267 e. The van der Waals surface area contributed by atoms with Gasteiger partial charge in [-0.1, -0.05) is 17.9 Å². The number of amides is 4. The van der Waals surface area contributed by atoms with Crippen LogP contribution in [0.3, 0.4) is 0 Å². The van der Waals surface area contributed by atoms with Crippen LogP contribution in [0.25, 0.3) is 0 Å². The number of rotatable bonds is 3. The average molecular weight is 402 g/mol. The van der Waals surface area contributed by atoms with Crippen LogP contribution < -0.4 is 11.1 Å². The van der Waals surface area contributed by atoms with Crippen molar-refractivity contribution >= 4 is 23.6 Å². The number of nitrogens with two attached hydrogens (primary N) is 1. The summed E-state index contributed by atoms with van der Waals surface area (Å²) in [5, 5.41) is 2.29. The molecule has 2 aromatic rings. The molecule has 0 aliphatic carbocycles. The van der Waals surface area contributed by atoms with Gasteiger partial charge in [-0.2, -0.15) is 0 Å². The molecule has 1 aromatic heterocycles. The fraction of sp³-hybridized carbons (Fsp3) is 0.227. The van der Waals surface area contributed by atoms with E-state index in [2.05, 4.69) is 22.1 Å². The van der Waals surface area contributed by atoms with Crippen molar-refractivity contribution in [3.63, 3.8) is 0 Å². The molecule has 3 heterocycles. The van der Waals surface area contributed by atoms with Crippen molar-refractivity contribution in [1.82, 2.24) is 15.2 Å². The molecule has 0 spiro atoms. The van der Waals surface area contributed by atoms with Gasteiger partial charge in [-0.3, -0.25) is 29.5 Å². The number of fused-ring (bicyclic) bond motifs is 1. The molecule has 0 bridgehead atoms. The molecule has 1 saturated heterocycles. The van der Waals surface area contributed by atoms with Crippen molar-refractivity contribution in [3.8, 4) is 11.8 Å². The van der Waals surface area contributed by atoms with Gasteiger partial charge in [0.25, 0.3) is 11.8 Å². The van der Waals surface area contributed by atoms with E-state index in [-0.39, 0.29) is 23.9 Å². The van der Waals surface area contributed by atoms with E-state index < -0.39 is 17.9 Å². The van der Waals surface area contributed by atoms with Crippen LogP contribution in [0.15, 0.2) is 36.5 Å². The summed E-state index contributed by atoms with van der Waals surface area (Å²) in [6.07, 6.45) is 2.35. The summed E-state index contributed by atoms with van der Waals surface area (Å²) in [6, 6.07) is 8.09. The number of carbonyl (C=O) groups excluding carboxylic acids is 4. The molecule has 1 fully saturated rings. The second-order valence-corrected chi connectivity index (χ2v) is 7.13. The highest BCUT2D eigenvalue weighted by atomic mass is 16.2. The Bertz CT molecular complexity index is 1150. The fourth-order valence-corrected chi connectivity index (χ4v) is 3.70. The molecule has 8 nitrogen and oxygen atoms in total. The highest BCUT2D eigenvalue weighted by molar-refractivity contribution is 6.05. The van der Waals surface area contributed by atoms with E-state index in [1.807, 2.05) is 6.07 Å². The number of carbonyl (C=O) groups is 4. The first-order chi connectivity index (χ1) is 14.4. The van der Waals surface area contributed by atoms with Crippen molar-refractivity contribution in [2.24, 2.45) is 5.73 Å². The Hall–Kier alpha value is -3.99. The second kappa shape index (κ2) is 7.79. The Labute approximate surface area is 172 Å². The zero-order valence-corrected chi connectivity index (χ0v) is 16.0. The lowest BCUT2D eigenvalue weighted by molar-refractivity contribution is -0.136. The van der Waals surface area contributed by atoms with Crippen LogP contribution in [-0.4, -0.2) is 39.6 Å². The predicted molar refractivity (Wildman–Crippen MR) is 106 cm³/mol. The number of benzene rings is 1. The number of nitrogens with one attached hydrogen (secondary N) is 1. The third-order valence-corrected chi connectivity index (χ3v) is 5.16. The minimum Gasteiger partial charge on any atom is -0.364 e. The highest BCUT2D eigenvalue weighted by Crippen LogP contribution is 2.28. The van der Waals surface area contributed by atoms with Crippen LogP contribution in [0.2, 0.25) is 0 Å². The number of primary amides is 1.